The number of anilines is 1. The molecule has 0 aliphatic carbocycles. The van der Waals surface area contributed by atoms with Gasteiger partial charge in [0.05, 0.1) is 12.2 Å². The zero-order valence-corrected chi connectivity index (χ0v) is 10.7. The number of carbonyl (C=O) groups is 1. The fourth-order valence-electron chi connectivity index (χ4n) is 2.09. The second-order valence-corrected chi connectivity index (χ2v) is 4.02. The van der Waals surface area contributed by atoms with E-state index in [1.165, 1.54) is 0 Å². The first kappa shape index (κ1) is 13.2. The lowest BCUT2D eigenvalue weighted by Crippen LogP contribution is -2.32. The Morgan fingerprint density at radius 1 is 1.26 bits per heavy atom. The maximum Gasteiger partial charge on any atom is 0.405 e. The second kappa shape index (κ2) is 5.16. The Bertz CT molecular complexity index is 665. The molecule has 0 saturated heterocycles. The average Bonchev–Trinajstić information content (AvgIpc) is 2.37. The van der Waals surface area contributed by atoms with E-state index >= 15 is 0 Å². The summed E-state index contributed by atoms with van der Waals surface area (Å²) in [5.41, 5.74) is 1.82. The Hall–Kier alpha value is -2.27. The molecule has 2 aromatic rings. The molecular formula is C13H12ClN3O2. The highest BCUT2D eigenvalue weighted by Crippen LogP contribution is 2.35. The molecule has 6 heteroatoms. The van der Waals surface area contributed by atoms with Crippen molar-refractivity contribution in [3.05, 3.63) is 36.4 Å². The first-order chi connectivity index (χ1) is 8.74. The Morgan fingerprint density at radius 3 is 2.74 bits per heavy atom. The number of halogens is 1. The molecule has 5 nitrogen and oxygen atoms in total. The van der Waals surface area contributed by atoms with Crippen LogP contribution in [0.2, 0.25) is 0 Å². The minimum Gasteiger partial charge on any atom is -0.465 e. The smallest absolute Gasteiger partial charge is 0.405 e. The fraction of sp³-hybridized carbons (Fsp3) is 0.0769. The maximum atomic E-state index is 10.5. The van der Waals surface area contributed by atoms with Crippen molar-refractivity contribution in [1.82, 2.24) is 5.32 Å². The maximum absolute atomic E-state index is 10.5. The molecule has 2 aromatic carbocycles. The zero-order chi connectivity index (χ0) is 12.5. The van der Waals surface area contributed by atoms with Crippen LogP contribution in [0.1, 0.15) is 0 Å². The lowest BCUT2D eigenvalue weighted by atomic mass is 10.1. The number of aliphatic imine (C=N–C) groups is 1. The van der Waals surface area contributed by atoms with Crippen LogP contribution < -0.4 is 10.6 Å². The molecule has 1 amide bonds. The highest BCUT2D eigenvalue weighted by Gasteiger charge is 2.13. The molecule has 1 aliphatic rings. The van der Waals surface area contributed by atoms with E-state index in [0.29, 0.717) is 5.84 Å². The van der Waals surface area contributed by atoms with Gasteiger partial charge in [0.1, 0.15) is 5.84 Å². The van der Waals surface area contributed by atoms with E-state index in [0.717, 1.165) is 22.1 Å². The van der Waals surface area contributed by atoms with Crippen molar-refractivity contribution >= 4 is 46.5 Å². The molecule has 0 radical (unpaired) electrons. The van der Waals surface area contributed by atoms with Gasteiger partial charge >= 0.3 is 6.09 Å². The molecule has 0 fully saturated rings. The summed E-state index contributed by atoms with van der Waals surface area (Å²) in [6, 6.07) is 11.8. The largest absolute Gasteiger partial charge is 0.465 e. The van der Waals surface area contributed by atoms with Crippen LogP contribution in [0.3, 0.4) is 0 Å². The van der Waals surface area contributed by atoms with Gasteiger partial charge in [-0.2, -0.15) is 0 Å². The molecule has 98 valence electrons. The number of hydrogen-bond acceptors (Lipinski definition) is 3. The van der Waals surface area contributed by atoms with E-state index in [2.05, 4.69) is 15.6 Å². The molecule has 1 aliphatic heterocycles. The molecule has 0 bridgehead atoms. The van der Waals surface area contributed by atoms with E-state index in [1.807, 2.05) is 36.4 Å². The predicted molar refractivity (Wildman–Crippen MR) is 77.9 cm³/mol. The SMILES string of the molecule is Cl.O=C(O)NCC1=Nc2cccc3cccc(c23)N1. The number of carboxylic acid groups (broad SMARTS) is 1. The van der Waals surface area contributed by atoms with Gasteiger partial charge < -0.3 is 15.7 Å². The molecule has 0 atom stereocenters. The van der Waals surface area contributed by atoms with Gasteiger partial charge in [-0.3, -0.25) is 0 Å². The quantitative estimate of drug-likeness (QED) is 0.790. The topological polar surface area (TPSA) is 73.7 Å². The Labute approximate surface area is 115 Å². The first-order valence-corrected chi connectivity index (χ1v) is 5.57. The van der Waals surface area contributed by atoms with Crippen molar-refractivity contribution < 1.29 is 9.90 Å². The first-order valence-electron chi connectivity index (χ1n) is 5.57. The van der Waals surface area contributed by atoms with Gasteiger partial charge in [0.15, 0.2) is 0 Å². The summed E-state index contributed by atoms with van der Waals surface area (Å²) in [4.78, 5) is 14.9. The van der Waals surface area contributed by atoms with E-state index < -0.39 is 6.09 Å². The van der Waals surface area contributed by atoms with Gasteiger partial charge in [-0.05, 0) is 17.5 Å². The van der Waals surface area contributed by atoms with Crippen LogP contribution in [-0.2, 0) is 0 Å². The summed E-state index contributed by atoms with van der Waals surface area (Å²) in [5.74, 6) is 0.601. The number of amidine groups is 1. The molecule has 3 N–H and O–H groups in total. The van der Waals surface area contributed by atoms with Crippen LogP contribution in [0.25, 0.3) is 10.8 Å². The molecule has 3 rings (SSSR count). The lowest BCUT2D eigenvalue weighted by molar-refractivity contribution is 0.196. The summed E-state index contributed by atoms with van der Waals surface area (Å²) < 4.78 is 0. The number of nitrogens with one attached hydrogen (secondary N) is 2. The monoisotopic (exact) mass is 277 g/mol. The summed E-state index contributed by atoms with van der Waals surface area (Å²) in [7, 11) is 0. The summed E-state index contributed by atoms with van der Waals surface area (Å²) in [6.45, 7) is 0.167. The van der Waals surface area contributed by atoms with Gasteiger partial charge in [-0.25, -0.2) is 9.79 Å². The van der Waals surface area contributed by atoms with Crippen LogP contribution >= 0.6 is 12.4 Å². The molecule has 0 spiro atoms. The van der Waals surface area contributed by atoms with Crippen LogP contribution in [0.4, 0.5) is 16.2 Å². The summed E-state index contributed by atoms with van der Waals surface area (Å²) in [5, 5.41) is 16.2. The van der Waals surface area contributed by atoms with Crippen molar-refractivity contribution in [2.75, 3.05) is 11.9 Å². The van der Waals surface area contributed by atoms with Gasteiger partial charge in [-0.15, -0.1) is 12.4 Å². The molecule has 1 heterocycles. The number of rotatable bonds is 2. The Balaban J connectivity index is 0.00000133. The van der Waals surface area contributed by atoms with Gasteiger partial charge in [0.25, 0.3) is 0 Å². The predicted octanol–water partition coefficient (Wildman–Crippen LogP) is 2.98. The number of amides is 1. The van der Waals surface area contributed by atoms with Crippen LogP contribution in [0, 0.1) is 0 Å². The van der Waals surface area contributed by atoms with Crippen molar-refractivity contribution in [3.63, 3.8) is 0 Å². The van der Waals surface area contributed by atoms with Crippen molar-refractivity contribution in [3.8, 4) is 0 Å². The Kier molecular flexibility index (Phi) is 3.57. The minimum absolute atomic E-state index is 0. The average molecular weight is 278 g/mol. The standard InChI is InChI=1S/C13H11N3O2.ClH/c17-13(18)14-7-11-15-9-5-1-3-8-4-2-6-10(16-11)12(8)9;/h1-6,14H,7H2,(H,15,16)(H,17,18);1H. The second-order valence-electron chi connectivity index (χ2n) is 4.02. The van der Waals surface area contributed by atoms with Gasteiger partial charge in [0.2, 0.25) is 0 Å². The number of hydrogen-bond donors (Lipinski definition) is 3. The summed E-state index contributed by atoms with van der Waals surface area (Å²) in [6.07, 6.45) is -1.06. The molecule has 0 unspecified atom stereocenters. The third kappa shape index (κ3) is 2.46. The van der Waals surface area contributed by atoms with Crippen LogP contribution in [0.5, 0.6) is 0 Å². The van der Waals surface area contributed by atoms with E-state index in [1.54, 1.807) is 0 Å². The molecule has 0 saturated carbocycles. The minimum atomic E-state index is -1.06. The molecule has 19 heavy (non-hydrogen) atoms. The zero-order valence-electron chi connectivity index (χ0n) is 9.88. The van der Waals surface area contributed by atoms with Crippen LogP contribution in [-0.4, -0.2) is 23.6 Å². The van der Waals surface area contributed by atoms with Crippen molar-refractivity contribution in [2.24, 2.45) is 4.99 Å². The normalized spacial score (nSPS) is 12.1. The third-order valence-electron chi connectivity index (χ3n) is 2.82. The van der Waals surface area contributed by atoms with Crippen LogP contribution in [0.15, 0.2) is 41.4 Å². The number of benzene rings is 2. The lowest BCUT2D eigenvalue weighted by Gasteiger charge is -2.18. The van der Waals surface area contributed by atoms with E-state index in [9.17, 15) is 4.79 Å². The van der Waals surface area contributed by atoms with Gasteiger partial charge in [0, 0.05) is 11.1 Å². The van der Waals surface area contributed by atoms with Gasteiger partial charge in [-0.1, -0.05) is 24.3 Å². The fourth-order valence-corrected chi connectivity index (χ4v) is 2.09. The van der Waals surface area contributed by atoms with Crippen molar-refractivity contribution in [2.45, 2.75) is 0 Å². The third-order valence-corrected chi connectivity index (χ3v) is 2.82. The van der Waals surface area contributed by atoms with E-state index in [4.69, 9.17) is 5.11 Å². The Morgan fingerprint density at radius 2 is 2.00 bits per heavy atom. The highest BCUT2D eigenvalue weighted by atomic mass is 35.5. The molecule has 0 aromatic heterocycles. The van der Waals surface area contributed by atoms with Crippen molar-refractivity contribution in [1.29, 1.82) is 0 Å². The van der Waals surface area contributed by atoms with E-state index in [-0.39, 0.29) is 19.0 Å². The summed E-state index contributed by atoms with van der Waals surface area (Å²) >= 11 is 0. The highest BCUT2D eigenvalue weighted by molar-refractivity contribution is 6.14. The number of nitrogens with zero attached hydrogens (tertiary/aromatic N) is 1. The molecular weight excluding hydrogens is 266 g/mol.